The summed E-state index contributed by atoms with van der Waals surface area (Å²) < 4.78 is 0. The summed E-state index contributed by atoms with van der Waals surface area (Å²) in [5.74, 6) is 2.61. The SMILES string of the molecule is C#CC(=O)N(CCC)CC1CCCNC1. The molecule has 15 heavy (non-hydrogen) atoms. The fourth-order valence-electron chi connectivity index (χ4n) is 2.03. The number of amides is 1. The first kappa shape index (κ1) is 12.1. The third kappa shape index (κ3) is 3.93. The van der Waals surface area contributed by atoms with E-state index in [2.05, 4.69) is 18.2 Å². The molecule has 0 radical (unpaired) electrons. The Morgan fingerprint density at radius 3 is 3.00 bits per heavy atom. The van der Waals surface area contributed by atoms with Crippen LogP contribution in [0.5, 0.6) is 0 Å². The van der Waals surface area contributed by atoms with Crippen LogP contribution >= 0.6 is 0 Å². The van der Waals surface area contributed by atoms with E-state index in [9.17, 15) is 4.79 Å². The van der Waals surface area contributed by atoms with Crippen molar-refractivity contribution in [1.82, 2.24) is 10.2 Å². The van der Waals surface area contributed by atoms with Gasteiger partial charge in [-0.05, 0) is 44.2 Å². The van der Waals surface area contributed by atoms with E-state index < -0.39 is 0 Å². The summed E-state index contributed by atoms with van der Waals surface area (Å²) in [5.41, 5.74) is 0. The Hall–Kier alpha value is -1.01. The maximum absolute atomic E-state index is 11.4. The molecule has 1 fully saturated rings. The van der Waals surface area contributed by atoms with Crippen LogP contribution < -0.4 is 5.32 Å². The molecule has 0 aliphatic carbocycles. The van der Waals surface area contributed by atoms with Gasteiger partial charge in [-0.25, -0.2) is 0 Å². The van der Waals surface area contributed by atoms with Crippen LogP contribution in [-0.2, 0) is 4.79 Å². The van der Waals surface area contributed by atoms with Gasteiger partial charge in [0.25, 0.3) is 5.91 Å². The van der Waals surface area contributed by atoms with E-state index in [0.29, 0.717) is 5.92 Å². The summed E-state index contributed by atoms with van der Waals surface area (Å²) in [6, 6.07) is 0. The topological polar surface area (TPSA) is 32.3 Å². The molecule has 1 aliphatic rings. The van der Waals surface area contributed by atoms with Crippen LogP contribution in [-0.4, -0.2) is 37.0 Å². The molecule has 1 saturated heterocycles. The highest BCUT2D eigenvalue weighted by Gasteiger charge is 2.18. The maximum atomic E-state index is 11.4. The van der Waals surface area contributed by atoms with E-state index in [4.69, 9.17) is 6.42 Å². The lowest BCUT2D eigenvalue weighted by molar-refractivity contribution is -0.125. The van der Waals surface area contributed by atoms with Gasteiger partial charge in [-0.3, -0.25) is 4.79 Å². The Bertz CT molecular complexity index is 238. The molecule has 84 valence electrons. The van der Waals surface area contributed by atoms with Gasteiger partial charge in [0.2, 0.25) is 0 Å². The highest BCUT2D eigenvalue weighted by molar-refractivity contribution is 5.92. The predicted octanol–water partition coefficient (Wildman–Crippen LogP) is 0.858. The average Bonchev–Trinajstić information content (AvgIpc) is 2.29. The lowest BCUT2D eigenvalue weighted by atomic mass is 9.99. The first-order chi connectivity index (χ1) is 7.27. The zero-order valence-corrected chi connectivity index (χ0v) is 9.46. The molecule has 1 atom stereocenters. The number of hydrogen-bond donors (Lipinski definition) is 1. The Kier molecular flexibility index (Phi) is 5.20. The largest absolute Gasteiger partial charge is 0.332 e. The number of carbonyl (C=O) groups excluding carboxylic acids is 1. The molecule has 1 amide bonds. The van der Waals surface area contributed by atoms with Crippen LogP contribution in [0.25, 0.3) is 0 Å². The van der Waals surface area contributed by atoms with E-state index in [-0.39, 0.29) is 5.91 Å². The van der Waals surface area contributed by atoms with Crippen molar-refractivity contribution in [2.45, 2.75) is 26.2 Å². The summed E-state index contributed by atoms with van der Waals surface area (Å²) in [7, 11) is 0. The van der Waals surface area contributed by atoms with Gasteiger partial charge in [0, 0.05) is 13.1 Å². The van der Waals surface area contributed by atoms with Crippen LogP contribution in [0.15, 0.2) is 0 Å². The van der Waals surface area contributed by atoms with Gasteiger partial charge in [0.15, 0.2) is 0 Å². The van der Waals surface area contributed by atoms with Crippen molar-refractivity contribution in [3.63, 3.8) is 0 Å². The van der Waals surface area contributed by atoms with Crippen LogP contribution in [0.2, 0.25) is 0 Å². The fourth-order valence-corrected chi connectivity index (χ4v) is 2.03. The zero-order valence-electron chi connectivity index (χ0n) is 9.46. The van der Waals surface area contributed by atoms with E-state index in [1.165, 1.54) is 12.8 Å². The number of terminal acetylenes is 1. The number of nitrogens with one attached hydrogen (secondary N) is 1. The van der Waals surface area contributed by atoms with Crippen molar-refractivity contribution < 1.29 is 4.79 Å². The number of carbonyl (C=O) groups is 1. The van der Waals surface area contributed by atoms with Crippen molar-refractivity contribution in [2.24, 2.45) is 5.92 Å². The van der Waals surface area contributed by atoms with Gasteiger partial charge in [-0.15, -0.1) is 6.42 Å². The predicted molar refractivity (Wildman–Crippen MR) is 61.3 cm³/mol. The van der Waals surface area contributed by atoms with Crippen LogP contribution in [0.1, 0.15) is 26.2 Å². The Morgan fingerprint density at radius 1 is 1.67 bits per heavy atom. The summed E-state index contributed by atoms with van der Waals surface area (Å²) in [6.07, 6.45) is 8.52. The van der Waals surface area contributed by atoms with E-state index in [1.54, 1.807) is 4.90 Å². The summed E-state index contributed by atoms with van der Waals surface area (Å²) in [4.78, 5) is 13.2. The molecular formula is C12H20N2O. The lowest BCUT2D eigenvalue weighted by Gasteiger charge is -2.28. The van der Waals surface area contributed by atoms with E-state index in [1.807, 2.05) is 0 Å². The second kappa shape index (κ2) is 6.47. The Labute approximate surface area is 92.2 Å². The molecule has 1 unspecified atom stereocenters. The second-order valence-corrected chi connectivity index (χ2v) is 4.11. The van der Waals surface area contributed by atoms with Gasteiger partial charge >= 0.3 is 0 Å². The molecule has 1 rings (SSSR count). The Balaban J connectivity index is 2.42. The molecule has 0 spiro atoms. The Morgan fingerprint density at radius 2 is 2.47 bits per heavy atom. The normalized spacial score (nSPS) is 20.7. The van der Waals surface area contributed by atoms with Gasteiger partial charge in [0.1, 0.15) is 0 Å². The number of piperidine rings is 1. The quantitative estimate of drug-likeness (QED) is 0.695. The smallest absolute Gasteiger partial charge is 0.298 e. The monoisotopic (exact) mass is 208 g/mol. The minimum Gasteiger partial charge on any atom is -0.332 e. The molecule has 1 heterocycles. The van der Waals surface area contributed by atoms with Gasteiger partial charge < -0.3 is 10.2 Å². The molecule has 0 aromatic heterocycles. The second-order valence-electron chi connectivity index (χ2n) is 4.11. The number of nitrogens with zero attached hydrogens (tertiary/aromatic N) is 1. The van der Waals surface area contributed by atoms with Gasteiger partial charge in [-0.1, -0.05) is 6.92 Å². The molecule has 3 heteroatoms. The molecule has 0 saturated carbocycles. The van der Waals surface area contributed by atoms with E-state index >= 15 is 0 Å². The molecular weight excluding hydrogens is 188 g/mol. The third-order valence-electron chi connectivity index (χ3n) is 2.78. The highest BCUT2D eigenvalue weighted by Crippen LogP contribution is 2.12. The van der Waals surface area contributed by atoms with Crippen molar-refractivity contribution in [3.05, 3.63) is 0 Å². The lowest BCUT2D eigenvalue weighted by Crippen LogP contribution is -2.40. The van der Waals surface area contributed by atoms with Crippen molar-refractivity contribution in [2.75, 3.05) is 26.2 Å². The first-order valence-corrected chi connectivity index (χ1v) is 5.74. The highest BCUT2D eigenvalue weighted by atomic mass is 16.2. The summed E-state index contributed by atoms with van der Waals surface area (Å²) >= 11 is 0. The van der Waals surface area contributed by atoms with Crippen molar-refractivity contribution in [1.29, 1.82) is 0 Å². The van der Waals surface area contributed by atoms with Crippen LogP contribution in [0.3, 0.4) is 0 Å². The van der Waals surface area contributed by atoms with Crippen LogP contribution in [0, 0.1) is 18.3 Å². The summed E-state index contributed by atoms with van der Waals surface area (Å²) in [6.45, 7) is 5.77. The minimum atomic E-state index is -0.164. The fraction of sp³-hybridized carbons (Fsp3) is 0.750. The molecule has 3 nitrogen and oxygen atoms in total. The average molecular weight is 208 g/mol. The first-order valence-electron chi connectivity index (χ1n) is 5.74. The van der Waals surface area contributed by atoms with Crippen molar-refractivity contribution in [3.8, 4) is 12.3 Å². The molecule has 0 aromatic rings. The maximum Gasteiger partial charge on any atom is 0.298 e. The van der Waals surface area contributed by atoms with Gasteiger partial charge in [0.05, 0.1) is 0 Å². The molecule has 0 aromatic carbocycles. The minimum absolute atomic E-state index is 0.164. The number of rotatable bonds is 4. The molecule has 0 bridgehead atoms. The van der Waals surface area contributed by atoms with Crippen LogP contribution in [0.4, 0.5) is 0 Å². The van der Waals surface area contributed by atoms with Crippen molar-refractivity contribution >= 4 is 5.91 Å². The standard InChI is InChI=1S/C12H20N2O/c1-3-8-14(12(15)4-2)10-11-6-5-7-13-9-11/h2,11,13H,3,5-10H2,1H3. The summed E-state index contributed by atoms with van der Waals surface area (Å²) in [5, 5.41) is 3.35. The van der Waals surface area contributed by atoms with E-state index in [0.717, 1.165) is 32.6 Å². The third-order valence-corrected chi connectivity index (χ3v) is 2.78. The number of hydrogen-bond acceptors (Lipinski definition) is 2. The molecule has 1 aliphatic heterocycles. The zero-order chi connectivity index (χ0) is 11.1. The molecule has 1 N–H and O–H groups in total. The van der Waals surface area contributed by atoms with Gasteiger partial charge in [-0.2, -0.15) is 0 Å².